The van der Waals surface area contributed by atoms with Crippen molar-refractivity contribution >= 4 is 27.5 Å². The molecule has 0 saturated carbocycles. The van der Waals surface area contributed by atoms with Gasteiger partial charge in [0.2, 0.25) is 21.8 Å². The lowest BCUT2D eigenvalue weighted by Crippen LogP contribution is -2.53. The molecule has 0 aliphatic rings. The second-order valence-electron chi connectivity index (χ2n) is 8.63. The summed E-state index contributed by atoms with van der Waals surface area (Å²) in [6.45, 7) is 9.21. The van der Waals surface area contributed by atoms with E-state index in [1.54, 1.807) is 12.1 Å². The Morgan fingerprint density at radius 3 is 2.15 bits per heavy atom. The molecule has 2 aromatic rings. The van der Waals surface area contributed by atoms with Crippen molar-refractivity contribution in [3.63, 3.8) is 0 Å². The number of anilines is 1. The SMILES string of the molecule is CC[C@@H](C(=O)NC(C)C)N(Cc1ccccc1)C(=O)CN(c1ccc(C)c(C)c1)S(C)(=O)=O. The van der Waals surface area contributed by atoms with Crippen molar-refractivity contribution in [1.29, 1.82) is 0 Å². The van der Waals surface area contributed by atoms with Crippen molar-refractivity contribution in [2.45, 2.75) is 59.7 Å². The molecule has 0 saturated heterocycles. The lowest BCUT2D eigenvalue weighted by Gasteiger charge is -2.33. The average molecular weight is 474 g/mol. The van der Waals surface area contributed by atoms with E-state index in [0.717, 1.165) is 27.3 Å². The van der Waals surface area contributed by atoms with E-state index in [2.05, 4.69) is 5.32 Å². The van der Waals surface area contributed by atoms with Crippen LogP contribution in [0.25, 0.3) is 0 Å². The van der Waals surface area contributed by atoms with E-state index in [0.29, 0.717) is 12.1 Å². The van der Waals surface area contributed by atoms with Crippen LogP contribution in [-0.4, -0.2) is 50.0 Å². The van der Waals surface area contributed by atoms with Gasteiger partial charge in [0.15, 0.2) is 0 Å². The fraction of sp³-hybridized carbons (Fsp3) is 0.440. The van der Waals surface area contributed by atoms with Gasteiger partial charge in [-0.3, -0.25) is 13.9 Å². The Morgan fingerprint density at radius 1 is 1.00 bits per heavy atom. The van der Waals surface area contributed by atoms with Gasteiger partial charge in [0, 0.05) is 12.6 Å². The summed E-state index contributed by atoms with van der Waals surface area (Å²) >= 11 is 0. The number of carbonyl (C=O) groups excluding carboxylic acids is 2. The number of aryl methyl sites for hydroxylation is 2. The van der Waals surface area contributed by atoms with Crippen LogP contribution in [-0.2, 0) is 26.2 Å². The third-order valence-electron chi connectivity index (χ3n) is 5.47. The summed E-state index contributed by atoms with van der Waals surface area (Å²) in [5.41, 5.74) is 3.24. The summed E-state index contributed by atoms with van der Waals surface area (Å²) in [6, 6.07) is 13.9. The first-order valence-electron chi connectivity index (χ1n) is 11.1. The second-order valence-corrected chi connectivity index (χ2v) is 10.5. The number of amides is 2. The fourth-order valence-corrected chi connectivity index (χ4v) is 4.42. The summed E-state index contributed by atoms with van der Waals surface area (Å²) in [6.07, 6.45) is 1.49. The largest absolute Gasteiger partial charge is 0.352 e. The molecule has 0 bridgehead atoms. The van der Waals surface area contributed by atoms with Gasteiger partial charge < -0.3 is 10.2 Å². The van der Waals surface area contributed by atoms with Crippen LogP contribution in [0.5, 0.6) is 0 Å². The number of rotatable bonds is 10. The van der Waals surface area contributed by atoms with Gasteiger partial charge in [-0.2, -0.15) is 0 Å². The maximum absolute atomic E-state index is 13.6. The molecule has 0 aliphatic carbocycles. The van der Waals surface area contributed by atoms with Gasteiger partial charge in [-0.15, -0.1) is 0 Å². The topological polar surface area (TPSA) is 86.8 Å². The predicted molar refractivity (Wildman–Crippen MR) is 132 cm³/mol. The van der Waals surface area contributed by atoms with E-state index in [4.69, 9.17) is 0 Å². The Morgan fingerprint density at radius 2 is 1.64 bits per heavy atom. The Hall–Kier alpha value is -2.87. The summed E-state index contributed by atoms with van der Waals surface area (Å²) in [4.78, 5) is 28.0. The molecule has 0 radical (unpaired) electrons. The predicted octanol–water partition coefficient (Wildman–Crippen LogP) is 3.40. The van der Waals surface area contributed by atoms with E-state index < -0.39 is 22.0 Å². The van der Waals surface area contributed by atoms with Gasteiger partial charge in [-0.25, -0.2) is 8.42 Å². The molecule has 7 nitrogen and oxygen atoms in total. The zero-order valence-corrected chi connectivity index (χ0v) is 21.1. The number of hydrogen-bond acceptors (Lipinski definition) is 4. The summed E-state index contributed by atoms with van der Waals surface area (Å²) < 4.78 is 26.4. The van der Waals surface area contributed by atoms with Gasteiger partial charge in [-0.05, 0) is 62.9 Å². The van der Waals surface area contributed by atoms with Gasteiger partial charge in [-0.1, -0.05) is 43.3 Å². The maximum atomic E-state index is 13.6. The minimum Gasteiger partial charge on any atom is -0.352 e. The van der Waals surface area contributed by atoms with Crippen LogP contribution in [0.2, 0.25) is 0 Å². The van der Waals surface area contributed by atoms with Crippen molar-refractivity contribution in [1.82, 2.24) is 10.2 Å². The van der Waals surface area contributed by atoms with Crippen LogP contribution in [0.1, 0.15) is 43.9 Å². The number of hydrogen-bond donors (Lipinski definition) is 1. The summed E-state index contributed by atoms with van der Waals surface area (Å²) in [5, 5.41) is 2.88. The van der Waals surface area contributed by atoms with Gasteiger partial charge >= 0.3 is 0 Å². The molecule has 2 amide bonds. The van der Waals surface area contributed by atoms with E-state index >= 15 is 0 Å². The van der Waals surface area contributed by atoms with Crippen LogP contribution in [0.3, 0.4) is 0 Å². The monoisotopic (exact) mass is 473 g/mol. The highest BCUT2D eigenvalue weighted by atomic mass is 32.2. The van der Waals surface area contributed by atoms with Crippen LogP contribution in [0.4, 0.5) is 5.69 Å². The first-order chi connectivity index (χ1) is 15.4. The standard InChI is InChI=1S/C25H35N3O4S/c1-7-23(25(30)26-18(2)3)27(16-21-11-9-8-10-12-21)24(29)17-28(33(6,31)32)22-14-13-19(4)20(5)15-22/h8-15,18,23H,7,16-17H2,1-6H3,(H,26,30)/t23-/m0/s1. The Kier molecular flexibility index (Phi) is 9.05. The Bertz CT molecular complexity index is 1070. The van der Waals surface area contributed by atoms with E-state index in [9.17, 15) is 18.0 Å². The molecule has 0 unspecified atom stereocenters. The Balaban J connectivity index is 2.43. The number of sulfonamides is 1. The molecule has 0 fully saturated rings. The molecule has 1 N–H and O–H groups in total. The van der Waals surface area contributed by atoms with Gasteiger partial charge in [0.05, 0.1) is 11.9 Å². The molecule has 0 heterocycles. The van der Waals surface area contributed by atoms with Crippen LogP contribution in [0.15, 0.2) is 48.5 Å². The van der Waals surface area contributed by atoms with Gasteiger partial charge in [0.1, 0.15) is 12.6 Å². The highest BCUT2D eigenvalue weighted by molar-refractivity contribution is 7.92. The zero-order chi connectivity index (χ0) is 24.8. The van der Waals surface area contributed by atoms with Crippen molar-refractivity contribution < 1.29 is 18.0 Å². The third-order valence-corrected chi connectivity index (χ3v) is 6.61. The molecule has 180 valence electrons. The first kappa shape index (κ1) is 26.4. The van der Waals surface area contributed by atoms with Crippen LogP contribution < -0.4 is 9.62 Å². The van der Waals surface area contributed by atoms with Gasteiger partial charge in [0.25, 0.3) is 0 Å². The molecule has 8 heteroatoms. The third kappa shape index (κ3) is 7.32. The maximum Gasteiger partial charge on any atom is 0.244 e. The highest BCUT2D eigenvalue weighted by Gasteiger charge is 2.32. The average Bonchev–Trinajstić information content (AvgIpc) is 2.73. The first-order valence-corrected chi connectivity index (χ1v) is 13.0. The molecule has 0 aromatic heterocycles. The molecule has 0 spiro atoms. The number of carbonyl (C=O) groups is 2. The lowest BCUT2D eigenvalue weighted by atomic mass is 10.1. The molecule has 2 aromatic carbocycles. The van der Waals surface area contributed by atoms with E-state index in [-0.39, 0.29) is 25.0 Å². The number of nitrogens with one attached hydrogen (secondary N) is 1. The van der Waals surface area contributed by atoms with Crippen molar-refractivity contribution in [2.24, 2.45) is 0 Å². The normalized spacial score (nSPS) is 12.3. The zero-order valence-electron chi connectivity index (χ0n) is 20.3. The highest BCUT2D eigenvalue weighted by Crippen LogP contribution is 2.22. The molecular formula is C25H35N3O4S. The molecule has 2 rings (SSSR count). The van der Waals surface area contributed by atoms with E-state index in [1.165, 1.54) is 4.90 Å². The van der Waals surface area contributed by atoms with Crippen molar-refractivity contribution in [3.05, 3.63) is 65.2 Å². The molecular weight excluding hydrogens is 438 g/mol. The second kappa shape index (κ2) is 11.3. The quantitative estimate of drug-likeness (QED) is 0.573. The van der Waals surface area contributed by atoms with Crippen LogP contribution >= 0.6 is 0 Å². The number of nitrogens with zero attached hydrogens (tertiary/aromatic N) is 2. The molecule has 0 aliphatic heterocycles. The Labute approximate surface area is 197 Å². The summed E-state index contributed by atoms with van der Waals surface area (Å²) in [5.74, 6) is -0.692. The smallest absolute Gasteiger partial charge is 0.244 e. The number of benzene rings is 2. The van der Waals surface area contributed by atoms with E-state index in [1.807, 2.05) is 71.0 Å². The fourth-order valence-electron chi connectivity index (χ4n) is 3.57. The lowest BCUT2D eigenvalue weighted by molar-refractivity contribution is -0.140. The minimum atomic E-state index is -3.74. The van der Waals surface area contributed by atoms with Crippen molar-refractivity contribution in [3.8, 4) is 0 Å². The van der Waals surface area contributed by atoms with Crippen molar-refractivity contribution in [2.75, 3.05) is 17.1 Å². The minimum absolute atomic E-state index is 0.0803. The summed E-state index contributed by atoms with van der Waals surface area (Å²) in [7, 11) is -3.74. The molecule has 1 atom stereocenters. The molecule has 33 heavy (non-hydrogen) atoms. The van der Waals surface area contributed by atoms with Crippen LogP contribution in [0, 0.1) is 13.8 Å².